The fourth-order valence-corrected chi connectivity index (χ4v) is 6.44. The molecular formula is C26H33N3O4S. The molecule has 34 heavy (non-hydrogen) atoms. The van der Waals surface area contributed by atoms with E-state index < -0.39 is 16.1 Å². The minimum Gasteiger partial charge on any atom is -0.343 e. The molecule has 1 atom stereocenters. The van der Waals surface area contributed by atoms with Crippen molar-refractivity contribution in [3.63, 3.8) is 0 Å². The second-order valence-corrected chi connectivity index (χ2v) is 10.9. The Balaban J connectivity index is 1.62. The third kappa shape index (κ3) is 5.33. The molecule has 2 heterocycles. The lowest BCUT2D eigenvalue weighted by Gasteiger charge is -2.37. The highest BCUT2D eigenvalue weighted by Crippen LogP contribution is 2.37. The fraction of sp³-hybridized carbons (Fsp3) is 0.462. The molecule has 8 heteroatoms. The van der Waals surface area contributed by atoms with Crippen LogP contribution in [0.4, 0.5) is 5.69 Å². The summed E-state index contributed by atoms with van der Waals surface area (Å²) in [5.41, 5.74) is 2.57. The lowest BCUT2D eigenvalue weighted by Crippen LogP contribution is -2.43. The van der Waals surface area contributed by atoms with E-state index in [0.29, 0.717) is 25.1 Å². The summed E-state index contributed by atoms with van der Waals surface area (Å²) >= 11 is 0. The summed E-state index contributed by atoms with van der Waals surface area (Å²) in [4.78, 5) is 27.0. The van der Waals surface area contributed by atoms with Crippen LogP contribution in [0.1, 0.15) is 62.6 Å². The van der Waals surface area contributed by atoms with Gasteiger partial charge in [0.05, 0.1) is 10.9 Å². The first-order chi connectivity index (χ1) is 16.4. The molecule has 7 nitrogen and oxygen atoms in total. The number of amides is 2. The Morgan fingerprint density at radius 2 is 1.62 bits per heavy atom. The number of anilines is 1. The summed E-state index contributed by atoms with van der Waals surface area (Å²) in [6, 6.07) is 13.6. The number of carbonyl (C=O) groups excluding carboxylic acids is 2. The first-order valence-corrected chi connectivity index (χ1v) is 13.6. The fourth-order valence-electron chi connectivity index (χ4n) is 4.84. The van der Waals surface area contributed by atoms with Crippen molar-refractivity contribution >= 4 is 27.5 Å². The molecule has 2 aliphatic heterocycles. The van der Waals surface area contributed by atoms with Crippen LogP contribution in [-0.2, 0) is 26.0 Å². The zero-order valence-corrected chi connectivity index (χ0v) is 20.5. The van der Waals surface area contributed by atoms with Crippen molar-refractivity contribution in [2.45, 2.75) is 62.8 Å². The Morgan fingerprint density at radius 3 is 2.29 bits per heavy atom. The molecule has 0 bridgehead atoms. The molecule has 0 aromatic heterocycles. The zero-order chi connectivity index (χ0) is 24.1. The van der Waals surface area contributed by atoms with Gasteiger partial charge in [-0.2, -0.15) is 4.31 Å². The molecule has 2 aromatic carbocycles. The molecule has 0 unspecified atom stereocenters. The number of carbonyl (C=O) groups is 2. The van der Waals surface area contributed by atoms with Crippen LogP contribution in [0, 0.1) is 0 Å². The first-order valence-electron chi connectivity index (χ1n) is 12.2. The maximum atomic E-state index is 13.7. The Labute approximate surface area is 202 Å². The van der Waals surface area contributed by atoms with Crippen LogP contribution in [-0.4, -0.2) is 49.1 Å². The van der Waals surface area contributed by atoms with Crippen molar-refractivity contribution in [1.82, 2.24) is 9.21 Å². The Bertz CT molecular complexity index is 1120. The van der Waals surface area contributed by atoms with E-state index in [1.807, 2.05) is 29.2 Å². The van der Waals surface area contributed by atoms with E-state index in [2.05, 4.69) is 5.32 Å². The number of hydrogen-bond acceptors (Lipinski definition) is 4. The molecule has 0 aliphatic carbocycles. The van der Waals surface area contributed by atoms with Crippen molar-refractivity contribution in [3.05, 3.63) is 59.7 Å². The highest BCUT2D eigenvalue weighted by atomic mass is 32.2. The number of hydrogen-bond donors (Lipinski definition) is 1. The molecule has 1 saturated heterocycles. The molecular weight excluding hydrogens is 450 g/mol. The minimum absolute atomic E-state index is 0.0152. The van der Waals surface area contributed by atoms with Gasteiger partial charge in [-0.3, -0.25) is 9.59 Å². The number of benzene rings is 2. The quantitative estimate of drug-likeness (QED) is 0.670. The predicted octanol–water partition coefficient (Wildman–Crippen LogP) is 4.12. The van der Waals surface area contributed by atoms with Gasteiger partial charge < -0.3 is 10.2 Å². The monoisotopic (exact) mass is 483 g/mol. The summed E-state index contributed by atoms with van der Waals surface area (Å²) < 4.78 is 28.9. The predicted molar refractivity (Wildman–Crippen MR) is 132 cm³/mol. The van der Waals surface area contributed by atoms with Gasteiger partial charge in [-0.05, 0) is 54.7 Å². The van der Waals surface area contributed by atoms with Crippen LogP contribution in [0.3, 0.4) is 0 Å². The maximum absolute atomic E-state index is 13.7. The highest BCUT2D eigenvalue weighted by molar-refractivity contribution is 7.89. The lowest BCUT2D eigenvalue weighted by atomic mass is 9.92. The van der Waals surface area contributed by atoms with Crippen LogP contribution in [0.25, 0.3) is 0 Å². The first kappa shape index (κ1) is 24.4. The third-order valence-corrected chi connectivity index (χ3v) is 8.68. The van der Waals surface area contributed by atoms with Crippen LogP contribution < -0.4 is 5.32 Å². The second-order valence-electron chi connectivity index (χ2n) is 9.01. The van der Waals surface area contributed by atoms with E-state index >= 15 is 0 Å². The van der Waals surface area contributed by atoms with Crippen LogP contribution in [0.2, 0.25) is 0 Å². The van der Waals surface area contributed by atoms with E-state index in [1.165, 1.54) is 16.4 Å². The third-order valence-electron chi connectivity index (χ3n) is 6.76. The number of fused-ring (bicyclic) bond motifs is 1. The van der Waals surface area contributed by atoms with Crippen LogP contribution in [0.15, 0.2) is 53.4 Å². The summed E-state index contributed by atoms with van der Waals surface area (Å²) in [5, 5.41) is 2.74. The van der Waals surface area contributed by atoms with Gasteiger partial charge >= 0.3 is 0 Å². The van der Waals surface area contributed by atoms with Crippen molar-refractivity contribution in [3.8, 4) is 0 Å². The summed E-state index contributed by atoms with van der Waals surface area (Å²) in [7, 11) is -3.84. The van der Waals surface area contributed by atoms with Crippen molar-refractivity contribution in [2.75, 3.05) is 25.0 Å². The Kier molecular flexibility index (Phi) is 7.68. The number of sulfonamides is 1. The molecule has 4 rings (SSSR count). The van der Waals surface area contributed by atoms with Gasteiger partial charge in [0, 0.05) is 38.2 Å². The van der Waals surface area contributed by atoms with Gasteiger partial charge in [-0.25, -0.2) is 8.42 Å². The van der Waals surface area contributed by atoms with Crippen molar-refractivity contribution in [1.29, 1.82) is 0 Å². The zero-order valence-electron chi connectivity index (χ0n) is 19.7. The smallest absolute Gasteiger partial charge is 0.243 e. The van der Waals surface area contributed by atoms with Gasteiger partial charge in [0.15, 0.2) is 0 Å². The Hall–Kier alpha value is -2.71. The molecule has 1 N–H and O–H groups in total. The normalized spacial score (nSPS) is 19.2. The van der Waals surface area contributed by atoms with Gasteiger partial charge in [-0.1, -0.05) is 44.0 Å². The van der Waals surface area contributed by atoms with Gasteiger partial charge in [-0.15, -0.1) is 0 Å². The molecule has 0 spiro atoms. The Morgan fingerprint density at radius 1 is 0.941 bits per heavy atom. The van der Waals surface area contributed by atoms with E-state index in [4.69, 9.17) is 0 Å². The molecule has 2 aliphatic rings. The number of nitrogens with one attached hydrogen (secondary N) is 1. The molecule has 182 valence electrons. The molecule has 0 radical (unpaired) electrons. The average molecular weight is 484 g/mol. The molecule has 2 amide bonds. The lowest BCUT2D eigenvalue weighted by molar-refractivity contribution is -0.132. The van der Waals surface area contributed by atoms with E-state index in [9.17, 15) is 18.0 Å². The van der Waals surface area contributed by atoms with Crippen molar-refractivity contribution in [2.24, 2.45) is 0 Å². The largest absolute Gasteiger partial charge is 0.343 e. The molecule has 1 fully saturated rings. The number of nitrogens with zero attached hydrogens (tertiary/aromatic N) is 2. The highest BCUT2D eigenvalue weighted by Gasteiger charge is 2.38. The standard InChI is InChI=1S/C26H33N3O4S/c1-2-25(30)27-21-11-13-22(14-12-21)34(32,33)29-18-15-20-9-5-6-10-23(20)24(29)19-26(31)28-16-7-3-4-8-17-28/h5-6,9-14,24H,2-4,7-8,15-19H2,1H3,(H,27,30)/t24-/m1/s1. The SMILES string of the molecule is CCC(=O)Nc1ccc(S(=O)(=O)N2CCc3ccccc3[C@H]2CC(=O)N2CCCCCC2)cc1. The number of likely N-dealkylation sites (tertiary alicyclic amines) is 1. The van der Waals surface area contributed by atoms with Crippen LogP contribution in [0.5, 0.6) is 0 Å². The summed E-state index contributed by atoms with van der Waals surface area (Å²) in [5.74, 6) is -0.114. The van der Waals surface area contributed by atoms with Gasteiger partial charge in [0.1, 0.15) is 0 Å². The van der Waals surface area contributed by atoms with Crippen LogP contribution >= 0.6 is 0 Å². The number of rotatable bonds is 6. The van der Waals surface area contributed by atoms with Gasteiger partial charge in [0.25, 0.3) is 0 Å². The summed E-state index contributed by atoms with van der Waals surface area (Å²) in [6.45, 7) is 3.57. The van der Waals surface area contributed by atoms with E-state index in [0.717, 1.165) is 49.9 Å². The van der Waals surface area contributed by atoms with Crippen molar-refractivity contribution < 1.29 is 18.0 Å². The molecule has 2 aromatic rings. The molecule has 0 saturated carbocycles. The second kappa shape index (κ2) is 10.7. The average Bonchev–Trinajstić information content (AvgIpc) is 3.14. The summed E-state index contributed by atoms with van der Waals surface area (Å²) in [6.07, 6.45) is 5.34. The van der Waals surface area contributed by atoms with E-state index in [-0.39, 0.29) is 23.1 Å². The maximum Gasteiger partial charge on any atom is 0.243 e. The topological polar surface area (TPSA) is 86.8 Å². The minimum atomic E-state index is -3.84. The van der Waals surface area contributed by atoms with Gasteiger partial charge in [0.2, 0.25) is 21.8 Å². The van der Waals surface area contributed by atoms with E-state index in [1.54, 1.807) is 19.1 Å².